The lowest BCUT2D eigenvalue weighted by Gasteiger charge is -1.96. The van der Waals surface area contributed by atoms with Crippen LogP contribution in [-0.4, -0.2) is 21.3 Å². The van der Waals surface area contributed by atoms with E-state index in [-0.39, 0.29) is 6.42 Å². The summed E-state index contributed by atoms with van der Waals surface area (Å²) in [5, 5.41) is 16.7. The number of aryl methyl sites for hydroxylation is 1. The second-order valence-corrected chi connectivity index (χ2v) is 5.14. The molecule has 1 aromatic carbocycles. The Morgan fingerprint density at radius 1 is 1.25 bits per heavy atom. The minimum atomic E-state index is -0.795. The molecule has 2 aromatic rings. The zero-order chi connectivity index (χ0) is 13.9. The van der Waals surface area contributed by atoms with Crippen molar-refractivity contribution in [3.63, 3.8) is 0 Å². The van der Waals surface area contributed by atoms with E-state index in [1.54, 1.807) is 0 Å². The van der Waals surface area contributed by atoms with Crippen LogP contribution in [0.5, 0.6) is 0 Å². The normalized spacial score (nSPS) is 20.8. The molecule has 5 nitrogen and oxygen atoms in total. The van der Waals surface area contributed by atoms with Gasteiger partial charge in [0.05, 0.1) is 0 Å². The molecule has 1 fully saturated rings. The van der Waals surface area contributed by atoms with E-state index in [9.17, 15) is 4.79 Å². The first kappa shape index (κ1) is 12.8. The Kier molecular flexibility index (Phi) is 3.50. The van der Waals surface area contributed by atoms with Gasteiger partial charge >= 0.3 is 5.97 Å². The van der Waals surface area contributed by atoms with E-state index in [0.29, 0.717) is 36.5 Å². The van der Waals surface area contributed by atoms with Gasteiger partial charge in [-0.15, -0.1) is 10.2 Å². The molecule has 3 rings (SSSR count). The summed E-state index contributed by atoms with van der Waals surface area (Å²) in [7, 11) is 0. The van der Waals surface area contributed by atoms with Crippen LogP contribution in [0.3, 0.4) is 0 Å². The van der Waals surface area contributed by atoms with Gasteiger partial charge in [-0.05, 0) is 24.3 Å². The number of carboxylic acid groups (broad SMARTS) is 1. The summed E-state index contributed by atoms with van der Waals surface area (Å²) in [6.07, 6.45) is 2.24. The summed E-state index contributed by atoms with van der Waals surface area (Å²) >= 11 is 0. The molecule has 0 bridgehead atoms. The van der Waals surface area contributed by atoms with Crippen LogP contribution in [0.1, 0.15) is 48.4 Å². The first-order valence-corrected chi connectivity index (χ1v) is 6.83. The minimum absolute atomic E-state index is 0.133. The predicted molar refractivity (Wildman–Crippen MR) is 71.4 cm³/mol. The highest BCUT2D eigenvalue weighted by Gasteiger charge is 2.43. The summed E-state index contributed by atoms with van der Waals surface area (Å²) in [5.41, 5.74) is 1.31. The van der Waals surface area contributed by atoms with Crippen LogP contribution in [0, 0.1) is 0 Å². The fraction of sp³-hybridized carbons (Fsp3) is 0.400. The molecule has 0 aliphatic heterocycles. The van der Waals surface area contributed by atoms with Crippen molar-refractivity contribution in [2.45, 2.75) is 37.5 Å². The van der Waals surface area contributed by atoms with Crippen molar-refractivity contribution in [3.05, 3.63) is 47.7 Å². The van der Waals surface area contributed by atoms with E-state index in [0.717, 1.165) is 6.42 Å². The SMILES string of the molecule is O=C(O)CCCc1nnc(C2CC2c2ccccc2)o1. The molecule has 1 saturated carbocycles. The lowest BCUT2D eigenvalue weighted by atomic mass is 10.1. The van der Waals surface area contributed by atoms with Crippen LogP contribution in [0.2, 0.25) is 0 Å². The van der Waals surface area contributed by atoms with Crippen molar-refractivity contribution >= 4 is 5.97 Å². The molecule has 20 heavy (non-hydrogen) atoms. The third-order valence-electron chi connectivity index (χ3n) is 3.60. The number of rotatable bonds is 6. The Hall–Kier alpha value is -2.17. The average Bonchev–Trinajstić information content (AvgIpc) is 3.12. The maximum Gasteiger partial charge on any atom is 0.303 e. The van der Waals surface area contributed by atoms with Crippen LogP contribution >= 0.6 is 0 Å². The molecule has 0 radical (unpaired) electrons. The van der Waals surface area contributed by atoms with Gasteiger partial charge in [0.2, 0.25) is 11.8 Å². The third-order valence-corrected chi connectivity index (χ3v) is 3.60. The van der Waals surface area contributed by atoms with Crippen LogP contribution in [0.15, 0.2) is 34.7 Å². The predicted octanol–water partition coefficient (Wildman–Crippen LogP) is 2.75. The zero-order valence-electron chi connectivity index (χ0n) is 11.0. The Balaban J connectivity index is 1.57. The van der Waals surface area contributed by atoms with E-state index in [4.69, 9.17) is 9.52 Å². The molecule has 2 atom stereocenters. The molecule has 1 heterocycles. The minimum Gasteiger partial charge on any atom is -0.481 e. The van der Waals surface area contributed by atoms with E-state index < -0.39 is 5.97 Å². The number of hydrogen-bond donors (Lipinski definition) is 1. The topological polar surface area (TPSA) is 76.2 Å². The standard InChI is InChI=1S/C15H16N2O3/c18-14(19)8-4-7-13-16-17-15(20-13)12-9-11(12)10-5-2-1-3-6-10/h1-3,5-6,11-12H,4,7-9H2,(H,18,19). The molecule has 1 aromatic heterocycles. The smallest absolute Gasteiger partial charge is 0.303 e. The molecule has 1 aliphatic rings. The first-order chi connectivity index (χ1) is 9.74. The van der Waals surface area contributed by atoms with Gasteiger partial charge in [-0.2, -0.15) is 0 Å². The molecule has 2 unspecified atom stereocenters. The number of nitrogens with zero attached hydrogens (tertiary/aromatic N) is 2. The number of carbonyl (C=O) groups is 1. The van der Waals surface area contributed by atoms with Gasteiger partial charge < -0.3 is 9.52 Å². The largest absolute Gasteiger partial charge is 0.481 e. The Labute approximate surface area is 116 Å². The summed E-state index contributed by atoms with van der Waals surface area (Å²) in [6.45, 7) is 0. The maximum atomic E-state index is 10.4. The first-order valence-electron chi connectivity index (χ1n) is 6.83. The average molecular weight is 272 g/mol. The fourth-order valence-corrected chi connectivity index (χ4v) is 2.44. The number of carboxylic acids is 1. The molecule has 0 spiro atoms. The number of benzene rings is 1. The highest BCUT2D eigenvalue weighted by Crippen LogP contribution is 2.54. The van der Waals surface area contributed by atoms with Gasteiger partial charge in [-0.1, -0.05) is 30.3 Å². The van der Waals surface area contributed by atoms with Crippen molar-refractivity contribution < 1.29 is 14.3 Å². The van der Waals surface area contributed by atoms with Gasteiger partial charge in [0.25, 0.3) is 0 Å². The van der Waals surface area contributed by atoms with Gasteiger partial charge in [-0.3, -0.25) is 4.79 Å². The quantitative estimate of drug-likeness (QED) is 0.875. The number of hydrogen-bond acceptors (Lipinski definition) is 4. The Morgan fingerprint density at radius 3 is 2.80 bits per heavy atom. The summed E-state index contributed by atoms with van der Waals surface area (Å²) in [5.74, 6) is 1.22. The van der Waals surface area contributed by atoms with Crippen molar-refractivity contribution in [1.29, 1.82) is 0 Å². The summed E-state index contributed by atoms with van der Waals surface area (Å²) < 4.78 is 5.63. The summed E-state index contributed by atoms with van der Waals surface area (Å²) in [6, 6.07) is 10.3. The molecular weight excluding hydrogens is 256 g/mol. The van der Waals surface area contributed by atoms with Gasteiger partial charge in [0.1, 0.15) is 0 Å². The Bertz CT molecular complexity index is 594. The van der Waals surface area contributed by atoms with E-state index in [1.807, 2.05) is 18.2 Å². The van der Waals surface area contributed by atoms with E-state index in [1.165, 1.54) is 5.56 Å². The number of aromatic nitrogens is 2. The maximum absolute atomic E-state index is 10.4. The van der Waals surface area contributed by atoms with Gasteiger partial charge in [0, 0.05) is 18.8 Å². The third kappa shape index (κ3) is 2.87. The van der Waals surface area contributed by atoms with Gasteiger partial charge in [-0.25, -0.2) is 0 Å². The lowest BCUT2D eigenvalue weighted by molar-refractivity contribution is -0.137. The lowest BCUT2D eigenvalue weighted by Crippen LogP contribution is -1.95. The number of aliphatic carboxylic acids is 1. The highest BCUT2D eigenvalue weighted by atomic mass is 16.4. The van der Waals surface area contributed by atoms with Crippen molar-refractivity contribution in [1.82, 2.24) is 10.2 Å². The fourth-order valence-electron chi connectivity index (χ4n) is 2.44. The molecule has 0 saturated heterocycles. The summed E-state index contributed by atoms with van der Waals surface area (Å²) in [4.78, 5) is 10.4. The monoisotopic (exact) mass is 272 g/mol. The van der Waals surface area contributed by atoms with Crippen LogP contribution in [0.25, 0.3) is 0 Å². The van der Waals surface area contributed by atoms with Crippen LogP contribution < -0.4 is 0 Å². The second-order valence-electron chi connectivity index (χ2n) is 5.14. The second kappa shape index (κ2) is 5.45. The van der Waals surface area contributed by atoms with Crippen LogP contribution in [-0.2, 0) is 11.2 Å². The molecular formula is C15H16N2O3. The molecule has 104 valence electrons. The van der Waals surface area contributed by atoms with Gasteiger partial charge in [0.15, 0.2) is 0 Å². The van der Waals surface area contributed by atoms with Crippen molar-refractivity contribution in [2.75, 3.05) is 0 Å². The molecule has 0 amide bonds. The van der Waals surface area contributed by atoms with E-state index in [2.05, 4.69) is 22.3 Å². The van der Waals surface area contributed by atoms with Crippen molar-refractivity contribution in [2.24, 2.45) is 0 Å². The molecule has 1 N–H and O–H groups in total. The molecule has 5 heteroatoms. The molecule has 1 aliphatic carbocycles. The zero-order valence-corrected chi connectivity index (χ0v) is 11.0. The van der Waals surface area contributed by atoms with Crippen LogP contribution in [0.4, 0.5) is 0 Å². The Morgan fingerprint density at radius 2 is 2.05 bits per heavy atom. The van der Waals surface area contributed by atoms with E-state index >= 15 is 0 Å². The van der Waals surface area contributed by atoms with Crippen molar-refractivity contribution in [3.8, 4) is 0 Å². The highest BCUT2D eigenvalue weighted by molar-refractivity contribution is 5.66.